The average Bonchev–Trinajstić information content (AvgIpc) is 3.09. The molecule has 1 unspecified atom stereocenters. The third-order valence-corrected chi connectivity index (χ3v) is 4.48. The summed E-state index contributed by atoms with van der Waals surface area (Å²) in [5.74, 6) is -0.0538. The maximum atomic E-state index is 11.7. The summed E-state index contributed by atoms with van der Waals surface area (Å²) in [5.41, 5.74) is 6.82. The number of hydrogen-bond donors (Lipinski definition) is 2. The Balaban J connectivity index is 1.73. The van der Waals surface area contributed by atoms with Crippen molar-refractivity contribution < 1.29 is 4.79 Å². The van der Waals surface area contributed by atoms with Crippen LogP contribution in [0.15, 0.2) is 5.38 Å². The molecule has 1 aromatic rings. The smallest absolute Gasteiger partial charge is 0.236 e. The molecule has 0 saturated carbocycles. The Morgan fingerprint density at radius 3 is 3.00 bits per heavy atom. The molecule has 2 rings (SSSR count). The molecule has 1 atom stereocenters. The van der Waals surface area contributed by atoms with Gasteiger partial charge in [0.1, 0.15) is 0 Å². The summed E-state index contributed by atoms with van der Waals surface area (Å²) in [4.78, 5) is 18.6. The number of carbonyl (C=O) groups excluding carboxylic acids is 1. The number of aromatic nitrogens is 1. The topological polar surface area (TPSA) is 71.2 Å². The molecule has 1 aromatic heterocycles. The second kappa shape index (κ2) is 7.59. The Bertz CT molecular complexity index is 429. The third-order valence-electron chi connectivity index (χ3n) is 3.53. The molecule has 1 saturated heterocycles. The van der Waals surface area contributed by atoms with Gasteiger partial charge in [0.2, 0.25) is 5.91 Å². The lowest BCUT2D eigenvalue weighted by molar-refractivity contribution is -0.122. The van der Waals surface area contributed by atoms with Gasteiger partial charge < -0.3 is 16.0 Å². The molecule has 2 heterocycles. The quantitative estimate of drug-likeness (QED) is 0.800. The van der Waals surface area contributed by atoms with Gasteiger partial charge in [0.15, 0.2) is 5.13 Å². The fourth-order valence-corrected chi connectivity index (χ4v) is 3.27. The van der Waals surface area contributed by atoms with Gasteiger partial charge in [0, 0.05) is 31.4 Å². The first kappa shape index (κ1) is 15.3. The van der Waals surface area contributed by atoms with E-state index in [1.54, 1.807) is 11.3 Å². The molecular weight excluding hydrogens is 272 g/mol. The number of amides is 1. The van der Waals surface area contributed by atoms with Crippen LogP contribution < -0.4 is 16.0 Å². The highest BCUT2D eigenvalue weighted by Crippen LogP contribution is 2.24. The van der Waals surface area contributed by atoms with Crippen LogP contribution in [-0.4, -0.2) is 36.6 Å². The molecule has 0 bridgehead atoms. The van der Waals surface area contributed by atoms with Gasteiger partial charge in [-0.15, -0.1) is 11.3 Å². The average molecular weight is 296 g/mol. The molecule has 1 amide bonds. The van der Waals surface area contributed by atoms with Crippen molar-refractivity contribution >= 4 is 22.4 Å². The monoisotopic (exact) mass is 296 g/mol. The van der Waals surface area contributed by atoms with Crippen molar-refractivity contribution in [1.82, 2.24) is 10.3 Å². The molecule has 3 N–H and O–H groups in total. The maximum Gasteiger partial charge on any atom is 0.236 e. The zero-order valence-electron chi connectivity index (χ0n) is 12.1. The van der Waals surface area contributed by atoms with E-state index in [0.29, 0.717) is 6.54 Å². The number of anilines is 1. The fourth-order valence-electron chi connectivity index (χ4n) is 2.35. The second-order valence-electron chi connectivity index (χ2n) is 5.25. The van der Waals surface area contributed by atoms with Crippen molar-refractivity contribution in [2.75, 3.05) is 24.5 Å². The molecule has 6 heteroatoms. The van der Waals surface area contributed by atoms with Crippen molar-refractivity contribution in [3.8, 4) is 0 Å². The van der Waals surface area contributed by atoms with Crippen LogP contribution in [0.5, 0.6) is 0 Å². The number of hydrogen-bond acceptors (Lipinski definition) is 5. The van der Waals surface area contributed by atoms with Crippen molar-refractivity contribution in [3.63, 3.8) is 0 Å². The second-order valence-corrected chi connectivity index (χ2v) is 6.09. The SMILES string of the molecule is CCCC(N)C(=O)NCCc1csc(N2CCCC2)n1. The number of nitrogens with one attached hydrogen (secondary N) is 1. The van der Waals surface area contributed by atoms with Crippen molar-refractivity contribution in [3.05, 3.63) is 11.1 Å². The van der Waals surface area contributed by atoms with E-state index in [9.17, 15) is 4.79 Å². The number of thiazole rings is 1. The Kier molecular flexibility index (Phi) is 5.79. The van der Waals surface area contributed by atoms with Crippen molar-refractivity contribution in [1.29, 1.82) is 0 Å². The fraction of sp³-hybridized carbons (Fsp3) is 0.714. The highest BCUT2D eigenvalue weighted by Gasteiger charge is 2.16. The van der Waals surface area contributed by atoms with E-state index >= 15 is 0 Å². The van der Waals surface area contributed by atoms with E-state index < -0.39 is 0 Å². The molecule has 5 nitrogen and oxygen atoms in total. The lowest BCUT2D eigenvalue weighted by Gasteiger charge is -2.12. The molecule has 20 heavy (non-hydrogen) atoms. The molecule has 0 spiro atoms. The molecule has 1 aliphatic heterocycles. The number of rotatable bonds is 7. The molecule has 0 radical (unpaired) electrons. The van der Waals surface area contributed by atoms with Crippen LogP contribution in [0.25, 0.3) is 0 Å². The Morgan fingerprint density at radius 2 is 2.30 bits per heavy atom. The first-order chi connectivity index (χ1) is 9.70. The first-order valence-corrected chi connectivity index (χ1v) is 8.31. The van der Waals surface area contributed by atoms with Crippen molar-refractivity contribution in [2.24, 2.45) is 5.73 Å². The predicted octanol–water partition coefficient (Wildman–Crippen LogP) is 1.53. The minimum Gasteiger partial charge on any atom is -0.354 e. The minimum atomic E-state index is -0.379. The predicted molar refractivity (Wildman–Crippen MR) is 83.2 cm³/mol. The van der Waals surface area contributed by atoms with E-state index in [0.717, 1.165) is 43.2 Å². The van der Waals surface area contributed by atoms with Gasteiger partial charge in [-0.3, -0.25) is 4.79 Å². The van der Waals surface area contributed by atoms with E-state index in [1.165, 1.54) is 12.8 Å². The molecule has 0 aromatic carbocycles. The summed E-state index contributed by atoms with van der Waals surface area (Å²) in [6, 6.07) is -0.379. The summed E-state index contributed by atoms with van der Waals surface area (Å²) in [5, 5.41) is 6.09. The summed E-state index contributed by atoms with van der Waals surface area (Å²) in [6.45, 7) is 4.88. The van der Waals surface area contributed by atoms with Crippen LogP contribution in [0.4, 0.5) is 5.13 Å². The minimum absolute atomic E-state index is 0.0538. The summed E-state index contributed by atoms with van der Waals surface area (Å²) in [7, 11) is 0. The summed E-state index contributed by atoms with van der Waals surface area (Å²) in [6.07, 6.45) is 4.97. The zero-order chi connectivity index (χ0) is 14.4. The van der Waals surface area contributed by atoms with E-state index in [4.69, 9.17) is 5.73 Å². The third kappa shape index (κ3) is 4.18. The standard InChI is InChI=1S/C14H24N4OS/c1-2-5-12(15)13(19)16-7-6-11-10-20-14(17-11)18-8-3-4-9-18/h10,12H,2-9,15H2,1H3,(H,16,19). The molecule has 0 aliphatic carbocycles. The zero-order valence-corrected chi connectivity index (χ0v) is 12.9. The summed E-state index contributed by atoms with van der Waals surface area (Å²) < 4.78 is 0. The van der Waals surface area contributed by atoms with Crippen LogP contribution in [0, 0.1) is 0 Å². The van der Waals surface area contributed by atoms with Crippen LogP contribution >= 0.6 is 11.3 Å². The van der Waals surface area contributed by atoms with Crippen LogP contribution in [0.1, 0.15) is 38.3 Å². The highest BCUT2D eigenvalue weighted by molar-refractivity contribution is 7.13. The van der Waals surface area contributed by atoms with E-state index in [1.807, 2.05) is 6.92 Å². The van der Waals surface area contributed by atoms with Gasteiger partial charge >= 0.3 is 0 Å². The van der Waals surface area contributed by atoms with Crippen LogP contribution in [0.2, 0.25) is 0 Å². The van der Waals surface area contributed by atoms with Gasteiger partial charge in [0.25, 0.3) is 0 Å². The Hall–Kier alpha value is -1.14. The molecule has 112 valence electrons. The number of nitrogens with zero attached hydrogens (tertiary/aromatic N) is 2. The molecule has 1 aliphatic rings. The van der Waals surface area contributed by atoms with Crippen LogP contribution in [0.3, 0.4) is 0 Å². The lowest BCUT2D eigenvalue weighted by atomic mass is 10.1. The first-order valence-electron chi connectivity index (χ1n) is 7.43. The van der Waals surface area contributed by atoms with Crippen molar-refractivity contribution in [2.45, 2.75) is 45.1 Å². The molecule has 1 fully saturated rings. The lowest BCUT2D eigenvalue weighted by Crippen LogP contribution is -2.41. The maximum absolute atomic E-state index is 11.7. The Morgan fingerprint density at radius 1 is 1.55 bits per heavy atom. The van der Waals surface area contributed by atoms with Gasteiger partial charge in [0.05, 0.1) is 11.7 Å². The van der Waals surface area contributed by atoms with Gasteiger partial charge in [-0.05, 0) is 19.3 Å². The number of carbonyl (C=O) groups is 1. The van der Waals surface area contributed by atoms with Gasteiger partial charge in [-0.2, -0.15) is 0 Å². The highest BCUT2D eigenvalue weighted by atomic mass is 32.1. The van der Waals surface area contributed by atoms with Gasteiger partial charge in [-0.1, -0.05) is 13.3 Å². The largest absolute Gasteiger partial charge is 0.354 e. The Labute approximate surface area is 124 Å². The van der Waals surface area contributed by atoms with Gasteiger partial charge in [-0.25, -0.2) is 4.98 Å². The van der Waals surface area contributed by atoms with E-state index in [2.05, 4.69) is 20.6 Å². The normalized spacial score (nSPS) is 16.4. The van der Waals surface area contributed by atoms with Crippen LogP contribution in [-0.2, 0) is 11.2 Å². The summed E-state index contributed by atoms with van der Waals surface area (Å²) >= 11 is 1.70. The number of nitrogens with two attached hydrogens (primary N) is 1. The molecular formula is C14H24N4OS. The van der Waals surface area contributed by atoms with E-state index in [-0.39, 0.29) is 11.9 Å².